The van der Waals surface area contributed by atoms with Gasteiger partial charge < -0.3 is 10.6 Å². The number of ketones is 1. The minimum atomic E-state index is -0.346. The molecule has 1 atom stereocenters. The number of carbonyl (C=O) groups is 2. The van der Waals surface area contributed by atoms with Crippen LogP contribution >= 0.6 is 23.1 Å². The Morgan fingerprint density at radius 2 is 1.90 bits per heavy atom. The fraction of sp³-hybridized carbons (Fsp3) is 0.238. The molecule has 0 radical (unpaired) electrons. The van der Waals surface area contributed by atoms with E-state index in [4.69, 9.17) is 0 Å². The summed E-state index contributed by atoms with van der Waals surface area (Å²) in [5.74, 6) is -0.186. The Bertz CT molecular complexity index is 976. The van der Waals surface area contributed by atoms with E-state index in [0.29, 0.717) is 11.3 Å². The zero-order valence-corrected chi connectivity index (χ0v) is 17.8. The van der Waals surface area contributed by atoms with Crippen LogP contribution in [-0.4, -0.2) is 33.7 Å². The van der Waals surface area contributed by atoms with Gasteiger partial charge in [0, 0.05) is 17.8 Å². The molecular weight excluding hydrogens is 404 g/mol. The van der Waals surface area contributed by atoms with Crippen molar-refractivity contribution in [1.29, 1.82) is 0 Å². The summed E-state index contributed by atoms with van der Waals surface area (Å²) in [5.41, 5.74) is 2.44. The molecule has 0 unspecified atom stereocenters. The van der Waals surface area contributed by atoms with Crippen LogP contribution in [0.5, 0.6) is 0 Å². The maximum Gasteiger partial charge on any atom is 0.237 e. The summed E-state index contributed by atoms with van der Waals surface area (Å²) in [6.07, 6.45) is 0.904. The number of aromatic nitrogens is 2. The fourth-order valence-electron chi connectivity index (χ4n) is 2.55. The minimum absolute atomic E-state index is 0.0373. The smallest absolute Gasteiger partial charge is 0.237 e. The summed E-state index contributed by atoms with van der Waals surface area (Å²) in [4.78, 5) is 23.9. The minimum Gasteiger partial charge on any atom is -0.360 e. The van der Waals surface area contributed by atoms with Gasteiger partial charge in [0.2, 0.25) is 11.0 Å². The zero-order valence-electron chi connectivity index (χ0n) is 16.2. The second-order valence-electron chi connectivity index (χ2n) is 6.42. The van der Waals surface area contributed by atoms with Crippen LogP contribution in [0.1, 0.15) is 29.8 Å². The van der Waals surface area contributed by atoms with Crippen molar-refractivity contribution in [3.63, 3.8) is 0 Å². The summed E-state index contributed by atoms with van der Waals surface area (Å²) < 4.78 is 0.729. The summed E-state index contributed by atoms with van der Waals surface area (Å²) in [6, 6.07) is 17.2. The molecule has 0 saturated carbocycles. The number of anilines is 2. The molecule has 1 amide bonds. The number of benzene rings is 2. The average molecular weight is 427 g/mol. The van der Waals surface area contributed by atoms with Crippen molar-refractivity contribution < 1.29 is 9.59 Å². The van der Waals surface area contributed by atoms with Crippen LogP contribution in [0.25, 0.3) is 0 Å². The predicted molar refractivity (Wildman–Crippen MR) is 119 cm³/mol. The number of rotatable bonds is 9. The Hall–Kier alpha value is -2.71. The van der Waals surface area contributed by atoms with Crippen molar-refractivity contribution >= 4 is 45.6 Å². The lowest BCUT2D eigenvalue weighted by Gasteiger charge is -2.10. The Morgan fingerprint density at radius 3 is 2.66 bits per heavy atom. The van der Waals surface area contributed by atoms with Gasteiger partial charge in [0.05, 0.1) is 5.25 Å². The summed E-state index contributed by atoms with van der Waals surface area (Å²) in [6.45, 7) is 4.09. The van der Waals surface area contributed by atoms with Gasteiger partial charge in [0.25, 0.3) is 0 Å². The molecule has 8 heteroatoms. The van der Waals surface area contributed by atoms with E-state index in [1.807, 2.05) is 25.1 Å². The average Bonchev–Trinajstić information content (AvgIpc) is 3.16. The van der Waals surface area contributed by atoms with E-state index in [2.05, 4.69) is 33.0 Å². The molecule has 2 aromatic carbocycles. The molecule has 0 aliphatic rings. The first-order chi connectivity index (χ1) is 14.0. The number of nitrogens with one attached hydrogen (secondary N) is 2. The number of hydrogen-bond acceptors (Lipinski definition) is 7. The molecule has 3 aromatic rings. The van der Waals surface area contributed by atoms with E-state index in [0.717, 1.165) is 22.4 Å². The van der Waals surface area contributed by atoms with Crippen molar-refractivity contribution in [2.75, 3.05) is 17.2 Å². The van der Waals surface area contributed by atoms with Gasteiger partial charge in [-0.3, -0.25) is 9.59 Å². The Balaban J connectivity index is 1.49. The second-order valence-corrected chi connectivity index (χ2v) is 8.99. The van der Waals surface area contributed by atoms with Crippen molar-refractivity contribution in [2.45, 2.75) is 29.9 Å². The molecule has 0 aliphatic heterocycles. The van der Waals surface area contributed by atoms with Crippen LogP contribution < -0.4 is 10.6 Å². The normalized spacial score (nSPS) is 11.7. The molecule has 0 fully saturated rings. The second kappa shape index (κ2) is 10.2. The van der Waals surface area contributed by atoms with E-state index in [1.54, 1.807) is 24.3 Å². The molecule has 3 rings (SSSR count). The lowest BCUT2D eigenvalue weighted by Crippen LogP contribution is -2.22. The Kier molecular flexibility index (Phi) is 7.37. The Morgan fingerprint density at radius 1 is 1.10 bits per heavy atom. The van der Waals surface area contributed by atoms with Crippen LogP contribution in [0.3, 0.4) is 0 Å². The molecule has 0 saturated heterocycles. The molecule has 29 heavy (non-hydrogen) atoms. The maximum absolute atomic E-state index is 12.5. The van der Waals surface area contributed by atoms with Gasteiger partial charge in [-0.1, -0.05) is 65.6 Å². The lowest BCUT2D eigenvalue weighted by atomic mass is 10.1. The van der Waals surface area contributed by atoms with E-state index >= 15 is 0 Å². The van der Waals surface area contributed by atoms with E-state index in [1.165, 1.54) is 35.6 Å². The van der Waals surface area contributed by atoms with Crippen LogP contribution in [0.15, 0.2) is 58.9 Å². The first-order valence-corrected chi connectivity index (χ1v) is 10.9. The maximum atomic E-state index is 12.5. The molecule has 6 nitrogen and oxygen atoms in total. The van der Waals surface area contributed by atoms with Crippen molar-refractivity contribution in [2.24, 2.45) is 0 Å². The quantitative estimate of drug-likeness (QED) is 0.387. The molecule has 0 spiro atoms. The lowest BCUT2D eigenvalue weighted by molar-refractivity contribution is -0.115. The molecule has 150 valence electrons. The Labute approximate surface area is 178 Å². The zero-order chi connectivity index (χ0) is 20.6. The van der Waals surface area contributed by atoms with E-state index in [-0.39, 0.29) is 16.9 Å². The molecule has 1 heterocycles. The highest BCUT2D eigenvalue weighted by molar-refractivity contribution is 8.02. The van der Waals surface area contributed by atoms with Gasteiger partial charge in [0.1, 0.15) is 0 Å². The van der Waals surface area contributed by atoms with Crippen LogP contribution in [-0.2, 0) is 11.2 Å². The standard InChI is InChI=1S/C21H22N4O2S2/c1-14(26)17-9-6-10-18(13-17)23-19(27)15(2)28-21-25-24-20(29-21)22-12-11-16-7-4-3-5-8-16/h3-10,13,15H,11-12H2,1-2H3,(H,22,24)(H,23,27)/t15-/m1/s1. The van der Waals surface area contributed by atoms with Gasteiger partial charge in [-0.15, -0.1) is 10.2 Å². The molecule has 0 bridgehead atoms. The summed E-state index contributed by atoms with van der Waals surface area (Å²) in [7, 11) is 0. The fourth-order valence-corrected chi connectivity index (χ4v) is 4.47. The summed E-state index contributed by atoms with van der Waals surface area (Å²) in [5, 5.41) is 14.8. The number of Topliss-reactive ketones (excluding diaryl/α,β-unsaturated/α-hetero) is 1. The van der Waals surface area contributed by atoms with Crippen LogP contribution in [0, 0.1) is 0 Å². The van der Waals surface area contributed by atoms with E-state index in [9.17, 15) is 9.59 Å². The number of amides is 1. The SMILES string of the molecule is CC(=O)c1cccc(NC(=O)[C@@H](C)Sc2nnc(NCCc3ccccc3)s2)c1. The van der Waals surface area contributed by atoms with E-state index < -0.39 is 0 Å². The third kappa shape index (κ3) is 6.40. The molecule has 0 aliphatic carbocycles. The van der Waals surface area contributed by atoms with Crippen molar-refractivity contribution in [1.82, 2.24) is 10.2 Å². The topological polar surface area (TPSA) is 84.0 Å². The predicted octanol–water partition coefficient (Wildman–Crippen LogP) is 4.51. The van der Waals surface area contributed by atoms with Gasteiger partial charge in [0.15, 0.2) is 10.1 Å². The molecule has 2 N–H and O–H groups in total. The largest absolute Gasteiger partial charge is 0.360 e. The molecule has 1 aromatic heterocycles. The highest BCUT2D eigenvalue weighted by atomic mass is 32.2. The number of carbonyl (C=O) groups excluding carboxylic acids is 2. The van der Waals surface area contributed by atoms with Gasteiger partial charge in [-0.05, 0) is 38.0 Å². The highest BCUT2D eigenvalue weighted by Gasteiger charge is 2.17. The van der Waals surface area contributed by atoms with Gasteiger partial charge in [-0.25, -0.2) is 0 Å². The third-order valence-electron chi connectivity index (χ3n) is 4.12. The van der Waals surface area contributed by atoms with Gasteiger partial charge >= 0.3 is 0 Å². The molecular formula is C21H22N4O2S2. The highest BCUT2D eigenvalue weighted by Crippen LogP contribution is 2.29. The summed E-state index contributed by atoms with van der Waals surface area (Å²) >= 11 is 2.79. The van der Waals surface area contributed by atoms with Crippen molar-refractivity contribution in [3.05, 3.63) is 65.7 Å². The number of nitrogens with zero attached hydrogens (tertiary/aromatic N) is 2. The monoisotopic (exact) mass is 426 g/mol. The number of thioether (sulfide) groups is 1. The van der Waals surface area contributed by atoms with Gasteiger partial charge in [-0.2, -0.15) is 0 Å². The first-order valence-electron chi connectivity index (χ1n) is 9.21. The van der Waals surface area contributed by atoms with Crippen molar-refractivity contribution in [3.8, 4) is 0 Å². The first kappa shape index (κ1) is 21.0. The number of hydrogen-bond donors (Lipinski definition) is 2. The van der Waals surface area contributed by atoms with Crippen LogP contribution in [0.2, 0.25) is 0 Å². The van der Waals surface area contributed by atoms with Crippen LogP contribution in [0.4, 0.5) is 10.8 Å². The third-order valence-corrected chi connectivity index (χ3v) is 6.19.